The number of thioether (sulfide) groups is 1. The van der Waals surface area contributed by atoms with Crippen molar-refractivity contribution >= 4 is 40.3 Å². The van der Waals surface area contributed by atoms with Gasteiger partial charge in [-0.2, -0.15) is 9.97 Å². The average molecular weight is 302 g/mol. The fraction of sp³-hybridized carbons (Fsp3) is 0.500. The lowest BCUT2D eigenvalue weighted by molar-refractivity contribution is 0.138. The van der Waals surface area contributed by atoms with Crippen LogP contribution >= 0.6 is 23.4 Å². The molecule has 7 nitrogen and oxygen atoms in total. The highest BCUT2D eigenvalue weighted by Gasteiger charge is 2.35. The van der Waals surface area contributed by atoms with E-state index in [0.29, 0.717) is 17.6 Å². The summed E-state index contributed by atoms with van der Waals surface area (Å²) in [5, 5.41) is 18.8. The van der Waals surface area contributed by atoms with Crippen molar-refractivity contribution in [2.24, 2.45) is 0 Å². The molecule has 0 radical (unpaired) electrons. The molecule has 3 atom stereocenters. The molecule has 0 saturated carbocycles. The van der Waals surface area contributed by atoms with E-state index < -0.39 is 6.10 Å². The van der Waals surface area contributed by atoms with E-state index in [1.165, 1.54) is 11.8 Å². The molecular formula is C10H12ClN5O2S. The van der Waals surface area contributed by atoms with Gasteiger partial charge >= 0.3 is 0 Å². The molecule has 102 valence electrons. The molecule has 1 aliphatic heterocycles. The lowest BCUT2D eigenvalue weighted by Gasteiger charge is -2.11. The zero-order valence-corrected chi connectivity index (χ0v) is 11.3. The van der Waals surface area contributed by atoms with Gasteiger partial charge < -0.3 is 20.5 Å². The monoisotopic (exact) mass is 301 g/mol. The van der Waals surface area contributed by atoms with Gasteiger partial charge in [-0.05, 0) is 11.6 Å². The zero-order valence-electron chi connectivity index (χ0n) is 9.77. The van der Waals surface area contributed by atoms with Gasteiger partial charge in [0.05, 0.1) is 29.7 Å². The molecule has 0 bridgehead atoms. The molecule has 0 spiro atoms. The smallest absolute Gasteiger partial charge is 0.226 e. The molecule has 0 aromatic carbocycles. The van der Waals surface area contributed by atoms with Crippen LogP contribution in [-0.2, 0) is 0 Å². The van der Waals surface area contributed by atoms with Crippen molar-refractivity contribution in [3.63, 3.8) is 0 Å². The first kappa shape index (κ1) is 12.9. The summed E-state index contributed by atoms with van der Waals surface area (Å²) in [6, 6.07) is 0. The molecular weight excluding hydrogens is 290 g/mol. The van der Waals surface area contributed by atoms with E-state index >= 15 is 0 Å². The summed E-state index contributed by atoms with van der Waals surface area (Å²) in [5.41, 5.74) is 6.78. The second-order valence-electron chi connectivity index (χ2n) is 4.32. The fourth-order valence-electron chi connectivity index (χ4n) is 2.17. The number of fused-ring (bicyclic) bond motifs is 1. The van der Waals surface area contributed by atoms with Crippen molar-refractivity contribution in [1.29, 1.82) is 0 Å². The van der Waals surface area contributed by atoms with Crippen LogP contribution in [0.5, 0.6) is 0 Å². The van der Waals surface area contributed by atoms with Gasteiger partial charge in [-0.3, -0.25) is 0 Å². The number of halogens is 1. The first-order chi connectivity index (χ1) is 9.10. The standard InChI is InChI=1S/C10H12ClN5O2S/c11-10-14-8(12)7-9(15-10)16(3-13-7)6-1-4(18)5(2-17)19-6/h3-6,17-18H,1-2H2,(H2,12,14,15)/t4-,5+,6-/m0/s1. The Bertz CT molecular complexity index is 621. The van der Waals surface area contributed by atoms with Crippen LogP contribution in [0.4, 0.5) is 5.82 Å². The van der Waals surface area contributed by atoms with Gasteiger partial charge in [-0.15, -0.1) is 11.8 Å². The van der Waals surface area contributed by atoms with E-state index in [1.807, 2.05) is 4.57 Å². The van der Waals surface area contributed by atoms with Gasteiger partial charge in [-0.1, -0.05) is 0 Å². The highest BCUT2D eigenvalue weighted by Crippen LogP contribution is 2.42. The average Bonchev–Trinajstić information content (AvgIpc) is 2.92. The third-order valence-electron chi connectivity index (χ3n) is 3.12. The number of rotatable bonds is 2. The summed E-state index contributed by atoms with van der Waals surface area (Å²) in [5.74, 6) is 0.232. The third-order valence-corrected chi connectivity index (χ3v) is 4.83. The van der Waals surface area contributed by atoms with Crippen LogP contribution in [0.3, 0.4) is 0 Å². The van der Waals surface area contributed by atoms with E-state index in [-0.39, 0.29) is 28.3 Å². The van der Waals surface area contributed by atoms with Gasteiger partial charge in [0.15, 0.2) is 11.5 Å². The summed E-state index contributed by atoms with van der Waals surface area (Å²) in [4.78, 5) is 12.2. The predicted molar refractivity (Wildman–Crippen MR) is 72.9 cm³/mol. The minimum absolute atomic E-state index is 0.0532. The maximum Gasteiger partial charge on any atom is 0.226 e. The minimum atomic E-state index is -0.549. The van der Waals surface area contributed by atoms with Crippen molar-refractivity contribution in [2.45, 2.75) is 23.1 Å². The SMILES string of the molecule is Nc1nc(Cl)nc2c1ncn2[C@@H]1C[C@H](O)[C@@H](CO)S1. The maximum atomic E-state index is 9.84. The molecule has 1 aliphatic rings. The summed E-state index contributed by atoms with van der Waals surface area (Å²) in [6.07, 6.45) is 1.58. The Labute approximate surface area is 117 Å². The molecule has 3 heterocycles. The molecule has 2 aromatic heterocycles. The van der Waals surface area contributed by atoms with Gasteiger partial charge in [0, 0.05) is 6.42 Å². The third kappa shape index (κ3) is 2.14. The zero-order chi connectivity index (χ0) is 13.6. The first-order valence-corrected chi connectivity index (χ1v) is 7.02. The Morgan fingerprint density at radius 1 is 1.53 bits per heavy atom. The van der Waals surface area contributed by atoms with Crippen LogP contribution in [0.1, 0.15) is 11.8 Å². The number of nitrogens with two attached hydrogens (primary N) is 1. The minimum Gasteiger partial charge on any atom is -0.395 e. The second kappa shape index (κ2) is 4.78. The molecule has 3 rings (SSSR count). The lowest BCUT2D eigenvalue weighted by atomic mass is 10.2. The fourth-order valence-corrected chi connectivity index (χ4v) is 3.72. The maximum absolute atomic E-state index is 9.84. The second-order valence-corrected chi connectivity index (χ2v) is 6.08. The van der Waals surface area contributed by atoms with Gasteiger partial charge in [0.2, 0.25) is 5.28 Å². The number of aliphatic hydroxyl groups is 2. The normalized spacial score (nSPS) is 27.2. The quantitative estimate of drug-likeness (QED) is 0.689. The number of hydrogen-bond donors (Lipinski definition) is 3. The van der Waals surface area contributed by atoms with E-state index in [0.717, 1.165) is 0 Å². The van der Waals surface area contributed by atoms with Crippen molar-refractivity contribution < 1.29 is 10.2 Å². The summed E-state index contributed by atoms with van der Waals surface area (Å²) >= 11 is 7.29. The van der Waals surface area contributed by atoms with E-state index in [2.05, 4.69) is 15.0 Å². The van der Waals surface area contributed by atoms with Crippen molar-refractivity contribution in [3.05, 3.63) is 11.6 Å². The Kier molecular flexibility index (Phi) is 3.25. The largest absolute Gasteiger partial charge is 0.395 e. The molecule has 4 N–H and O–H groups in total. The Hall–Kier alpha value is -1.09. The predicted octanol–water partition coefficient (Wildman–Crippen LogP) is 0.419. The number of anilines is 1. The van der Waals surface area contributed by atoms with E-state index in [1.54, 1.807) is 6.33 Å². The van der Waals surface area contributed by atoms with Crippen LogP contribution < -0.4 is 5.73 Å². The highest BCUT2D eigenvalue weighted by atomic mass is 35.5. The van der Waals surface area contributed by atoms with Crippen LogP contribution in [0.25, 0.3) is 11.2 Å². The molecule has 0 amide bonds. The number of hydrogen-bond acceptors (Lipinski definition) is 7. The van der Waals surface area contributed by atoms with Crippen molar-refractivity contribution in [2.75, 3.05) is 12.3 Å². The molecule has 1 saturated heterocycles. The van der Waals surface area contributed by atoms with Gasteiger partial charge in [0.25, 0.3) is 0 Å². The van der Waals surface area contributed by atoms with Crippen LogP contribution in [0.2, 0.25) is 5.28 Å². The number of aromatic nitrogens is 4. The van der Waals surface area contributed by atoms with E-state index in [9.17, 15) is 10.2 Å². The number of nitrogen functional groups attached to an aromatic ring is 1. The molecule has 1 fully saturated rings. The molecule has 9 heteroatoms. The topological polar surface area (TPSA) is 110 Å². The Balaban J connectivity index is 2.02. The first-order valence-electron chi connectivity index (χ1n) is 5.70. The van der Waals surface area contributed by atoms with E-state index in [4.69, 9.17) is 17.3 Å². The molecule has 19 heavy (non-hydrogen) atoms. The number of imidazole rings is 1. The van der Waals surface area contributed by atoms with Crippen molar-refractivity contribution in [3.8, 4) is 0 Å². The van der Waals surface area contributed by atoms with Crippen LogP contribution in [0.15, 0.2) is 6.33 Å². The van der Waals surface area contributed by atoms with Crippen LogP contribution in [-0.4, -0.2) is 47.7 Å². The number of nitrogens with zero attached hydrogens (tertiary/aromatic N) is 4. The van der Waals surface area contributed by atoms with Gasteiger partial charge in [-0.25, -0.2) is 4.98 Å². The van der Waals surface area contributed by atoms with Crippen LogP contribution in [0, 0.1) is 0 Å². The summed E-state index contributed by atoms with van der Waals surface area (Å²) in [6.45, 7) is -0.0627. The number of aliphatic hydroxyl groups excluding tert-OH is 2. The molecule has 0 aliphatic carbocycles. The highest BCUT2D eigenvalue weighted by molar-refractivity contribution is 8.00. The summed E-state index contributed by atoms with van der Waals surface area (Å²) < 4.78 is 1.81. The van der Waals surface area contributed by atoms with Gasteiger partial charge in [0.1, 0.15) is 5.52 Å². The summed E-state index contributed by atoms with van der Waals surface area (Å²) in [7, 11) is 0. The molecule has 0 unspecified atom stereocenters. The molecule has 2 aromatic rings. The Morgan fingerprint density at radius 3 is 3.00 bits per heavy atom. The Morgan fingerprint density at radius 2 is 2.32 bits per heavy atom. The van der Waals surface area contributed by atoms with Crippen molar-refractivity contribution in [1.82, 2.24) is 19.5 Å². The lowest BCUT2D eigenvalue weighted by Crippen LogP contribution is -2.20.